The van der Waals surface area contributed by atoms with Gasteiger partial charge in [-0.1, -0.05) is 41.9 Å². The van der Waals surface area contributed by atoms with Crippen molar-refractivity contribution in [3.8, 4) is 0 Å². The molecule has 4 rings (SSSR count). The predicted molar refractivity (Wildman–Crippen MR) is 113 cm³/mol. The van der Waals surface area contributed by atoms with E-state index in [0.717, 1.165) is 18.4 Å². The number of carbonyl (C=O) groups excluding carboxylic acids is 1. The summed E-state index contributed by atoms with van der Waals surface area (Å²) >= 11 is 6.30. The fourth-order valence-corrected chi connectivity index (χ4v) is 3.87. The molecule has 7 heteroatoms. The highest BCUT2D eigenvalue weighted by atomic mass is 35.5. The topological polar surface area (TPSA) is 47.4 Å². The number of amides is 1. The van der Waals surface area contributed by atoms with Crippen molar-refractivity contribution in [3.05, 3.63) is 88.7 Å². The van der Waals surface area contributed by atoms with Crippen molar-refractivity contribution in [3.63, 3.8) is 0 Å². The standard InChI is InChI=1S/C23H23ClFN3O2/c24-20-9-3-1-6-17(20)14-27-12-11-26-22(27)16-28(15-18-7-5-13-30-18)23(29)19-8-2-4-10-21(19)25/h1-4,6,8-12,18H,5,7,13-16H2. The molecule has 1 aliphatic rings. The van der Waals surface area contributed by atoms with Crippen LogP contribution in [0, 0.1) is 5.82 Å². The van der Waals surface area contributed by atoms with Gasteiger partial charge in [0, 0.05) is 30.6 Å². The molecule has 156 valence electrons. The highest BCUT2D eigenvalue weighted by Gasteiger charge is 2.26. The zero-order valence-corrected chi connectivity index (χ0v) is 17.3. The molecule has 1 atom stereocenters. The normalized spacial score (nSPS) is 16.0. The first-order valence-electron chi connectivity index (χ1n) is 10.0. The Morgan fingerprint density at radius 3 is 2.80 bits per heavy atom. The van der Waals surface area contributed by atoms with Crippen LogP contribution in [0.4, 0.5) is 4.39 Å². The first-order valence-corrected chi connectivity index (χ1v) is 10.4. The van der Waals surface area contributed by atoms with Crippen LogP contribution in [0.1, 0.15) is 34.6 Å². The number of imidazole rings is 1. The number of halogens is 2. The molecule has 1 aromatic heterocycles. The van der Waals surface area contributed by atoms with Crippen LogP contribution in [0.25, 0.3) is 0 Å². The third-order valence-electron chi connectivity index (χ3n) is 5.27. The lowest BCUT2D eigenvalue weighted by Crippen LogP contribution is -2.38. The Morgan fingerprint density at radius 2 is 2.03 bits per heavy atom. The van der Waals surface area contributed by atoms with Gasteiger partial charge in [0.25, 0.3) is 5.91 Å². The Balaban J connectivity index is 1.58. The van der Waals surface area contributed by atoms with Gasteiger partial charge in [0.1, 0.15) is 11.6 Å². The van der Waals surface area contributed by atoms with Gasteiger partial charge in [-0.2, -0.15) is 0 Å². The lowest BCUT2D eigenvalue weighted by Gasteiger charge is -2.26. The van der Waals surface area contributed by atoms with Crippen molar-refractivity contribution in [2.45, 2.75) is 32.0 Å². The Hall–Kier alpha value is -2.70. The fraction of sp³-hybridized carbons (Fsp3) is 0.304. The smallest absolute Gasteiger partial charge is 0.257 e. The molecule has 2 heterocycles. The summed E-state index contributed by atoms with van der Waals surface area (Å²) in [6.07, 6.45) is 5.36. The summed E-state index contributed by atoms with van der Waals surface area (Å²) in [7, 11) is 0. The van der Waals surface area contributed by atoms with Crippen molar-refractivity contribution in [2.24, 2.45) is 0 Å². The number of carbonyl (C=O) groups is 1. The fourth-order valence-electron chi connectivity index (χ4n) is 3.67. The van der Waals surface area contributed by atoms with E-state index in [4.69, 9.17) is 16.3 Å². The van der Waals surface area contributed by atoms with Gasteiger partial charge >= 0.3 is 0 Å². The molecule has 0 N–H and O–H groups in total. The van der Waals surface area contributed by atoms with Gasteiger partial charge in [0.15, 0.2) is 0 Å². The molecule has 0 bridgehead atoms. The summed E-state index contributed by atoms with van der Waals surface area (Å²) in [6, 6.07) is 13.7. The number of aromatic nitrogens is 2. The monoisotopic (exact) mass is 427 g/mol. The summed E-state index contributed by atoms with van der Waals surface area (Å²) in [5.74, 6) is -0.187. The van der Waals surface area contributed by atoms with Gasteiger partial charge in [0.05, 0.1) is 24.8 Å². The van der Waals surface area contributed by atoms with E-state index in [1.54, 1.807) is 23.2 Å². The largest absolute Gasteiger partial charge is 0.376 e. The average molecular weight is 428 g/mol. The predicted octanol–water partition coefficient (Wildman–Crippen LogP) is 4.55. The Bertz CT molecular complexity index is 1020. The van der Waals surface area contributed by atoms with E-state index in [0.29, 0.717) is 30.5 Å². The minimum absolute atomic E-state index is 0.0484. The molecule has 5 nitrogen and oxygen atoms in total. The number of hydrogen-bond acceptors (Lipinski definition) is 3. The minimum Gasteiger partial charge on any atom is -0.376 e. The van der Waals surface area contributed by atoms with E-state index in [1.807, 2.05) is 35.0 Å². The Morgan fingerprint density at radius 1 is 1.23 bits per heavy atom. The molecular weight excluding hydrogens is 405 g/mol. The molecule has 0 spiro atoms. The van der Waals surface area contributed by atoms with E-state index in [2.05, 4.69) is 4.98 Å². The van der Waals surface area contributed by atoms with E-state index < -0.39 is 5.82 Å². The van der Waals surface area contributed by atoms with Crippen LogP contribution >= 0.6 is 11.6 Å². The molecule has 30 heavy (non-hydrogen) atoms. The average Bonchev–Trinajstić information content (AvgIpc) is 3.41. The first kappa shape index (κ1) is 20.6. The highest BCUT2D eigenvalue weighted by molar-refractivity contribution is 6.31. The van der Waals surface area contributed by atoms with Crippen LogP contribution in [-0.2, 0) is 17.8 Å². The second-order valence-electron chi connectivity index (χ2n) is 7.36. The number of rotatable bonds is 7. The summed E-state index contributed by atoms with van der Waals surface area (Å²) in [6.45, 7) is 1.88. The lowest BCUT2D eigenvalue weighted by atomic mass is 10.1. The van der Waals surface area contributed by atoms with E-state index in [-0.39, 0.29) is 24.1 Å². The van der Waals surface area contributed by atoms with E-state index in [9.17, 15) is 9.18 Å². The molecule has 1 fully saturated rings. The number of nitrogens with zero attached hydrogens (tertiary/aromatic N) is 3. The van der Waals surface area contributed by atoms with Crippen molar-refractivity contribution in [1.29, 1.82) is 0 Å². The summed E-state index contributed by atoms with van der Waals surface area (Å²) in [5.41, 5.74) is 1.02. The van der Waals surface area contributed by atoms with Gasteiger partial charge in [-0.3, -0.25) is 4.79 Å². The van der Waals surface area contributed by atoms with Crippen LogP contribution in [-0.4, -0.2) is 39.6 Å². The zero-order valence-electron chi connectivity index (χ0n) is 16.5. The summed E-state index contributed by atoms with van der Waals surface area (Å²) in [5, 5.41) is 0.677. The van der Waals surface area contributed by atoms with Crippen molar-refractivity contribution in [2.75, 3.05) is 13.2 Å². The first-order chi connectivity index (χ1) is 14.6. The van der Waals surface area contributed by atoms with Crippen LogP contribution in [0.3, 0.4) is 0 Å². The molecule has 1 amide bonds. The molecule has 0 saturated carbocycles. The molecule has 0 aliphatic carbocycles. The maximum Gasteiger partial charge on any atom is 0.257 e. The molecule has 1 saturated heterocycles. The second-order valence-corrected chi connectivity index (χ2v) is 7.77. The number of ether oxygens (including phenoxy) is 1. The summed E-state index contributed by atoms with van der Waals surface area (Å²) in [4.78, 5) is 19.2. The van der Waals surface area contributed by atoms with Crippen molar-refractivity contribution >= 4 is 17.5 Å². The third kappa shape index (κ3) is 4.71. The second kappa shape index (κ2) is 9.41. The highest BCUT2D eigenvalue weighted by Crippen LogP contribution is 2.20. The maximum absolute atomic E-state index is 14.3. The number of hydrogen-bond donors (Lipinski definition) is 0. The van der Waals surface area contributed by atoms with Gasteiger partial charge in [-0.15, -0.1) is 0 Å². The quantitative estimate of drug-likeness (QED) is 0.556. The van der Waals surface area contributed by atoms with Crippen molar-refractivity contribution < 1.29 is 13.9 Å². The van der Waals surface area contributed by atoms with Crippen LogP contribution < -0.4 is 0 Å². The van der Waals surface area contributed by atoms with Gasteiger partial charge < -0.3 is 14.2 Å². The Labute approximate surface area is 180 Å². The molecular formula is C23H23ClFN3O2. The van der Waals surface area contributed by atoms with Crippen LogP contribution in [0.15, 0.2) is 60.9 Å². The van der Waals surface area contributed by atoms with Crippen LogP contribution in [0.2, 0.25) is 5.02 Å². The SMILES string of the molecule is O=C(c1ccccc1F)N(Cc1nccn1Cc1ccccc1Cl)CC1CCCO1. The maximum atomic E-state index is 14.3. The van der Waals surface area contributed by atoms with Crippen molar-refractivity contribution in [1.82, 2.24) is 14.5 Å². The number of benzene rings is 2. The molecule has 1 unspecified atom stereocenters. The van der Waals surface area contributed by atoms with E-state index in [1.165, 1.54) is 12.1 Å². The molecule has 0 radical (unpaired) electrons. The van der Waals surface area contributed by atoms with Gasteiger partial charge in [-0.25, -0.2) is 9.37 Å². The van der Waals surface area contributed by atoms with Gasteiger partial charge in [-0.05, 0) is 36.6 Å². The van der Waals surface area contributed by atoms with Gasteiger partial charge in [0.2, 0.25) is 0 Å². The molecule has 1 aliphatic heterocycles. The molecule has 3 aromatic rings. The zero-order chi connectivity index (χ0) is 20.9. The third-order valence-corrected chi connectivity index (χ3v) is 5.64. The summed E-state index contributed by atoms with van der Waals surface area (Å²) < 4.78 is 22.0. The van der Waals surface area contributed by atoms with Crippen LogP contribution in [0.5, 0.6) is 0 Å². The molecule has 2 aromatic carbocycles. The Kier molecular flexibility index (Phi) is 6.45. The lowest BCUT2D eigenvalue weighted by molar-refractivity contribution is 0.0495. The minimum atomic E-state index is -0.528. The van der Waals surface area contributed by atoms with E-state index >= 15 is 0 Å².